The van der Waals surface area contributed by atoms with Crippen molar-refractivity contribution < 1.29 is 0 Å². The van der Waals surface area contributed by atoms with E-state index in [2.05, 4.69) is 76.0 Å². The third kappa shape index (κ3) is 4.54. The van der Waals surface area contributed by atoms with Crippen LogP contribution < -0.4 is 10.2 Å². The van der Waals surface area contributed by atoms with Crippen molar-refractivity contribution >= 4 is 5.69 Å². The second-order valence-corrected chi connectivity index (χ2v) is 6.30. The number of anilines is 1. The summed E-state index contributed by atoms with van der Waals surface area (Å²) in [4.78, 5) is 2.48. The lowest BCUT2D eigenvalue weighted by Crippen LogP contribution is -2.48. The lowest BCUT2D eigenvalue weighted by atomic mass is 9.86. The van der Waals surface area contributed by atoms with Crippen molar-refractivity contribution in [3.63, 3.8) is 0 Å². The Hall–Kier alpha value is -1.02. The van der Waals surface area contributed by atoms with Crippen LogP contribution in [0.5, 0.6) is 0 Å². The maximum atomic E-state index is 3.63. The minimum absolute atomic E-state index is 0.270. The monoisotopic (exact) mass is 262 g/mol. The molecule has 2 nitrogen and oxygen atoms in total. The molecule has 0 spiro atoms. The minimum atomic E-state index is 0.270. The fourth-order valence-corrected chi connectivity index (χ4v) is 2.43. The summed E-state index contributed by atoms with van der Waals surface area (Å²) in [5.41, 5.74) is 2.98. The number of hydrogen-bond acceptors (Lipinski definition) is 2. The molecule has 0 amide bonds. The van der Waals surface area contributed by atoms with Gasteiger partial charge in [-0.2, -0.15) is 0 Å². The molecule has 0 radical (unpaired) electrons. The predicted molar refractivity (Wildman–Crippen MR) is 86.0 cm³/mol. The fourth-order valence-electron chi connectivity index (χ4n) is 2.43. The highest BCUT2D eigenvalue weighted by molar-refractivity contribution is 5.53. The Morgan fingerprint density at radius 2 is 1.79 bits per heavy atom. The smallest absolute Gasteiger partial charge is 0.0396 e. The van der Waals surface area contributed by atoms with Gasteiger partial charge in [0.1, 0.15) is 0 Å². The summed E-state index contributed by atoms with van der Waals surface area (Å²) in [6, 6.07) is 9.15. The van der Waals surface area contributed by atoms with Crippen LogP contribution in [-0.2, 0) is 0 Å². The van der Waals surface area contributed by atoms with E-state index in [1.165, 1.54) is 11.3 Å². The van der Waals surface area contributed by atoms with Gasteiger partial charge in [0.15, 0.2) is 0 Å². The zero-order chi connectivity index (χ0) is 14.5. The molecule has 108 valence electrons. The summed E-state index contributed by atoms with van der Waals surface area (Å²) < 4.78 is 0. The van der Waals surface area contributed by atoms with Gasteiger partial charge < -0.3 is 10.2 Å². The van der Waals surface area contributed by atoms with E-state index >= 15 is 0 Å². The molecule has 1 atom stereocenters. The molecule has 0 saturated carbocycles. The second-order valence-electron chi connectivity index (χ2n) is 6.30. The molecule has 0 aliphatic rings. The van der Waals surface area contributed by atoms with Crippen LogP contribution in [0.2, 0.25) is 0 Å². The van der Waals surface area contributed by atoms with Crippen LogP contribution in [-0.4, -0.2) is 25.7 Å². The third-order valence-electron chi connectivity index (χ3n) is 3.74. The average molecular weight is 262 g/mol. The summed E-state index contributed by atoms with van der Waals surface area (Å²) in [7, 11) is 0. The zero-order valence-corrected chi connectivity index (χ0v) is 13.5. The lowest BCUT2D eigenvalue weighted by Gasteiger charge is -2.37. The Bertz CT molecular complexity index is 379. The molecule has 0 bridgehead atoms. The first-order valence-corrected chi connectivity index (χ1v) is 7.44. The first-order valence-electron chi connectivity index (χ1n) is 7.44. The Morgan fingerprint density at radius 1 is 1.16 bits per heavy atom. The van der Waals surface area contributed by atoms with Gasteiger partial charge in [0, 0.05) is 24.8 Å². The van der Waals surface area contributed by atoms with E-state index in [0.717, 1.165) is 19.6 Å². The SMILES string of the molecule is CCNC(CN(CC)c1ccccc1C)C(C)(C)C. The van der Waals surface area contributed by atoms with Gasteiger partial charge in [-0.25, -0.2) is 0 Å². The highest BCUT2D eigenvalue weighted by Gasteiger charge is 2.25. The molecule has 1 unspecified atom stereocenters. The van der Waals surface area contributed by atoms with Crippen LogP contribution >= 0.6 is 0 Å². The molecule has 0 saturated heterocycles. The van der Waals surface area contributed by atoms with Crippen molar-refractivity contribution in [3.8, 4) is 0 Å². The summed E-state index contributed by atoms with van der Waals surface area (Å²) >= 11 is 0. The van der Waals surface area contributed by atoms with Crippen molar-refractivity contribution in [2.75, 3.05) is 24.5 Å². The fraction of sp³-hybridized carbons (Fsp3) is 0.647. The molecular formula is C17H30N2. The van der Waals surface area contributed by atoms with Gasteiger partial charge in [0.05, 0.1) is 0 Å². The maximum Gasteiger partial charge on any atom is 0.0396 e. The van der Waals surface area contributed by atoms with E-state index < -0.39 is 0 Å². The van der Waals surface area contributed by atoms with Crippen LogP contribution in [0.1, 0.15) is 40.2 Å². The zero-order valence-electron chi connectivity index (χ0n) is 13.5. The molecule has 0 heterocycles. The van der Waals surface area contributed by atoms with Crippen LogP contribution in [0, 0.1) is 12.3 Å². The van der Waals surface area contributed by atoms with Gasteiger partial charge >= 0.3 is 0 Å². The Balaban J connectivity index is 2.89. The number of nitrogens with zero attached hydrogens (tertiary/aromatic N) is 1. The summed E-state index contributed by atoms with van der Waals surface area (Å²) in [5, 5.41) is 3.63. The van der Waals surface area contributed by atoms with Crippen LogP contribution in [0.15, 0.2) is 24.3 Å². The molecule has 2 heteroatoms. The molecule has 1 N–H and O–H groups in total. The highest BCUT2D eigenvalue weighted by Crippen LogP contribution is 2.24. The van der Waals surface area contributed by atoms with Gasteiger partial charge in [-0.3, -0.25) is 0 Å². The van der Waals surface area contributed by atoms with E-state index in [1.807, 2.05) is 0 Å². The number of hydrogen-bond donors (Lipinski definition) is 1. The number of likely N-dealkylation sites (N-methyl/N-ethyl adjacent to an activating group) is 2. The maximum absolute atomic E-state index is 3.63. The second kappa shape index (κ2) is 6.95. The molecule has 0 fully saturated rings. The highest BCUT2D eigenvalue weighted by atomic mass is 15.2. The summed E-state index contributed by atoms with van der Waals surface area (Å²) in [5.74, 6) is 0. The van der Waals surface area contributed by atoms with E-state index in [1.54, 1.807) is 0 Å². The first kappa shape index (κ1) is 16.0. The topological polar surface area (TPSA) is 15.3 Å². The van der Waals surface area contributed by atoms with Crippen molar-refractivity contribution in [1.82, 2.24) is 5.32 Å². The Morgan fingerprint density at radius 3 is 2.26 bits per heavy atom. The molecule has 1 aromatic rings. The molecule has 0 aliphatic heterocycles. The van der Waals surface area contributed by atoms with Crippen LogP contribution in [0.4, 0.5) is 5.69 Å². The van der Waals surface area contributed by atoms with E-state index in [0.29, 0.717) is 6.04 Å². The van der Waals surface area contributed by atoms with Crippen molar-refractivity contribution in [2.45, 2.75) is 47.6 Å². The van der Waals surface area contributed by atoms with Gasteiger partial charge in [-0.15, -0.1) is 0 Å². The van der Waals surface area contributed by atoms with Crippen molar-refractivity contribution in [2.24, 2.45) is 5.41 Å². The van der Waals surface area contributed by atoms with Crippen molar-refractivity contribution in [3.05, 3.63) is 29.8 Å². The summed E-state index contributed by atoms with van der Waals surface area (Å²) in [6.07, 6.45) is 0. The summed E-state index contributed by atoms with van der Waals surface area (Å²) in [6.45, 7) is 16.7. The van der Waals surface area contributed by atoms with E-state index in [9.17, 15) is 0 Å². The molecule has 1 aromatic carbocycles. The lowest BCUT2D eigenvalue weighted by molar-refractivity contribution is 0.273. The van der Waals surface area contributed by atoms with Gasteiger partial charge in [0.25, 0.3) is 0 Å². The van der Waals surface area contributed by atoms with Crippen LogP contribution in [0.3, 0.4) is 0 Å². The largest absolute Gasteiger partial charge is 0.370 e. The van der Waals surface area contributed by atoms with Crippen molar-refractivity contribution in [1.29, 1.82) is 0 Å². The van der Waals surface area contributed by atoms with Gasteiger partial charge in [0.2, 0.25) is 0 Å². The van der Waals surface area contributed by atoms with Gasteiger partial charge in [-0.05, 0) is 37.4 Å². The van der Waals surface area contributed by atoms with E-state index in [4.69, 9.17) is 0 Å². The molecule has 1 rings (SSSR count). The number of rotatable bonds is 6. The minimum Gasteiger partial charge on any atom is -0.370 e. The third-order valence-corrected chi connectivity index (χ3v) is 3.74. The quantitative estimate of drug-likeness (QED) is 0.838. The van der Waals surface area contributed by atoms with Crippen LogP contribution in [0.25, 0.3) is 0 Å². The molecule has 19 heavy (non-hydrogen) atoms. The number of para-hydroxylation sites is 1. The van der Waals surface area contributed by atoms with E-state index in [-0.39, 0.29) is 5.41 Å². The number of nitrogens with one attached hydrogen (secondary N) is 1. The van der Waals surface area contributed by atoms with Gasteiger partial charge in [-0.1, -0.05) is 45.9 Å². The number of aryl methyl sites for hydroxylation is 1. The number of benzene rings is 1. The Labute approximate surface area is 119 Å². The molecule has 0 aliphatic carbocycles. The normalized spacial score (nSPS) is 13.4. The average Bonchev–Trinajstić information content (AvgIpc) is 2.34. The predicted octanol–water partition coefficient (Wildman–Crippen LogP) is 3.85. The first-order chi connectivity index (χ1) is 8.90. The molecular weight excluding hydrogens is 232 g/mol. The Kier molecular flexibility index (Phi) is 5.86. The molecule has 0 aromatic heterocycles. The standard InChI is InChI=1S/C17H30N2/c1-7-18-16(17(4,5)6)13-19(8-2)15-12-10-9-11-14(15)3/h9-12,16,18H,7-8,13H2,1-6H3.